The highest BCUT2D eigenvalue weighted by atomic mass is 35.5. The molecular weight excluding hydrogens is 360 g/mol. The Bertz CT molecular complexity index is 785. The van der Waals surface area contributed by atoms with Crippen molar-refractivity contribution < 1.29 is 19.4 Å². The quantitative estimate of drug-likeness (QED) is 0.796. The molecule has 2 rings (SSSR count). The standard InChI is InChI=1S/C17H23ClN4O4/c1-17(2,3)26-16(25)19-7-9-21(10-11-23)15(24)13-14(18)20-12-6-4-5-8-22(12)13/h4-6,8,23H,7,9-11H2,1-3H3,(H,19,25). The number of nitrogens with zero attached hydrogens (tertiary/aromatic N) is 3. The Morgan fingerprint density at radius 2 is 2.08 bits per heavy atom. The predicted molar refractivity (Wildman–Crippen MR) is 97.4 cm³/mol. The second kappa shape index (κ2) is 8.37. The highest BCUT2D eigenvalue weighted by molar-refractivity contribution is 6.32. The van der Waals surface area contributed by atoms with Crippen molar-refractivity contribution in [1.82, 2.24) is 19.6 Å². The number of imidazole rings is 1. The second-order valence-corrected chi connectivity index (χ2v) is 6.98. The molecule has 2 N–H and O–H groups in total. The molecule has 2 heterocycles. The lowest BCUT2D eigenvalue weighted by atomic mass is 10.2. The van der Waals surface area contributed by atoms with Crippen molar-refractivity contribution in [2.24, 2.45) is 0 Å². The molecule has 2 aromatic heterocycles. The summed E-state index contributed by atoms with van der Waals surface area (Å²) in [5, 5.41) is 11.9. The molecule has 0 bridgehead atoms. The molecule has 0 aliphatic carbocycles. The number of alkyl carbamates (subject to hydrolysis) is 1. The van der Waals surface area contributed by atoms with Crippen LogP contribution in [0.25, 0.3) is 5.65 Å². The lowest BCUT2D eigenvalue weighted by molar-refractivity contribution is 0.0510. The molecule has 0 saturated heterocycles. The number of hydrogen-bond acceptors (Lipinski definition) is 5. The fourth-order valence-corrected chi connectivity index (χ4v) is 2.61. The largest absolute Gasteiger partial charge is 0.444 e. The summed E-state index contributed by atoms with van der Waals surface area (Å²) in [6.07, 6.45) is 1.12. The number of hydrogen-bond donors (Lipinski definition) is 2. The van der Waals surface area contributed by atoms with Gasteiger partial charge in [-0.1, -0.05) is 17.7 Å². The fourth-order valence-electron chi connectivity index (χ4n) is 2.35. The van der Waals surface area contributed by atoms with E-state index in [1.165, 1.54) is 4.90 Å². The number of carbonyl (C=O) groups excluding carboxylic acids is 2. The predicted octanol–water partition coefficient (Wildman–Crippen LogP) is 1.95. The minimum absolute atomic E-state index is 0.0873. The minimum Gasteiger partial charge on any atom is -0.444 e. The van der Waals surface area contributed by atoms with E-state index in [1.807, 2.05) is 0 Å². The first-order valence-electron chi connectivity index (χ1n) is 8.22. The number of rotatable bonds is 6. The Labute approximate surface area is 156 Å². The maximum absolute atomic E-state index is 12.9. The topological polar surface area (TPSA) is 96.2 Å². The molecule has 2 amide bonds. The summed E-state index contributed by atoms with van der Waals surface area (Å²) in [5.41, 5.74) is 0.166. The Hall–Kier alpha value is -2.32. The highest BCUT2D eigenvalue weighted by Gasteiger charge is 2.23. The molecule has 0 fully saturated rings. The van der Waals surface area contributed by atoms with Crippen LogP contribution < -0.4 is 5.32 Å². The zero-order valence-corrected chi connectivity index (χ0v) is 15.8. The van der Waals surface area contributed by atoms with Crippen molar-refractivity contribution in [3.63, 3.8) is 0 Å². The van der Waals surface area contributed by atoms with E-state index in [0.717, 1.165) is 0 Å². The van der Waals surface area contributed by atoms with Gasteiger partial charge in [-0.05, 0) is 32.9 Å². The van der Waals surface area contributed by atoms with Crippen LogP contribution in [0.5, 0.6) is 0 Å². The van der Waals surface area contributed by atoms with Crippen molar-refractivity contribution >= 4 is 29.2 Å². The van der Waals surface area contributed by atoms with Gasteiger partial charge < -0.3 is 20.1 Å². The maximum atomic E-state index is 12.9. The minimum atomic E-state index is -0.602. The van der Waals surface area contributed by atoms with Crippen LogP contribution in [0.15, 0.2) is 24.4 Å². The summed E-state index contributed by atoms with van der Waals surface area (Å²) < 4.78 is 6.74. The number of nitrogens with one attached hydrogen (secondary N) is 1. The number of amides is 2. The van der Waals surface area contributed by atoms with E-state index in [0.29, 0.717) is 5.65 Å². The van der Waals surface area contributed by atoms with E-state index in [2.05, 4.69) is 10.3 Å². The normalized spacial score (nSPS) is 11.4. The molecule has 0 saturated carbocycles. The van der Waals surface area contributed by atoms with Crippen molar-refractivity contribution in [3.8, 4) is 0 Å². The van der Waals surface area contributed by atoms with Crippen LogP contribution in [0, 0.1) is 0 Å². The summed E-state index contributed by atoms with van der Waals surface area (Å²) in [6, 6.07) is 5.30. The maximum Gasteiger partial charge on any atom is 0.407 e. The first-order chi connectivity index (χ1) is 12.2. The number of halogens is 1. The van der Waals surface area contributed by atoms with Gasteiger partial charge in [-0.25, -0.2) is 9.78 Å². The summed E-state index contributed by atoms with van der Waals surface area (Å²) in [5.74, 6) is -0.381. The van der Waals surface area contributed by atoms with Gasteiger partial charge in [0.15, 0.2) is 10.8 Å². The molecule has 2 aromatic rings. The third-order valence-electron chi connectivity index (χ3n) is 3.40. The average Bonchev–Trinajstić information content (AvgIpc) is 2.87. The molecular formula is C17H23ClN4O4. The van der Waals surface area contributed by atoms with Gasteiger partial charge in [-0.3, -0.25) is 9.20 Å². The fraction of sp³-hybridized carbons (Fsp3) is 0.471. The Balaban J connectivity index is 2.07. The van der Waals surface area contributed by atoms with E-state index in [1.54, 1.807) is 49.6 Å². The molecule has 9 heteroatoms. The van der Waals surface area contributed by atoms with Crippen LogP contribution in [0.1, 0.15) is 31.3 Å². The number of aliphatic hydroxyl groups excluding tert-OH is 1. The molecule has 26 heavy (non-hydrogen) atoms. The van der Waals surface area contributed by atoms with Crippen LogP contribution >= 0.6 is 11.6 Å². The van der Waals surface area contributed by atoms with Crippen molar-refractivity contribution in [3.05, 3.63) is 35.2 Å². The molecule has 0 aliphatic heterocycles. The third-order valence-corrected chi connectivity index (χ3v) is 3.66. The molecule has 0 atom stereocenters. The first kappa shape index (κ1) is 20.0. The van der Waals surface area contributed by atoms with Crippen LogP contribution in [-0.2, 0) is 4.74 Å². The number of aromatic nitrogens is 2. The van der Waals surface area contributed by atoms with Crippen LogP contribution in [-0.4, -0.2) is 63.2 Å². The van der Waals surface area contributed by atoms with Gasteiger partial charge in [0.1, 0.15) is 11.2 Å². The zero-order chi connectivity index (χ0) is 19.3. The Morgan fingerprint density at radius 3 is 2.73 bits per heavy atom. The number of pyridine rings is 1. The summed E-state index contributed by atoms with van der Waals surface area (Å²) in [7, 11) is 0. The van der Waals surface area contributed by atoms with Crippen molar-refractivity contribution in [2.45, 2.75) is 26.4 Å². The number of carbonyl (C=O) groups is 2. The third kappa shape index (κ3) is 5.09. The first-order valence-corrected chi connectivity index (χ1v) is 8.60. The molecule has 0 aromatic carbocycles. The van der Waals surface area contributed by atoms with Gasteiger partial charge in [0, 0.05) is 25.8 Å². The van der Waals surface area contributed by atoms with Crippen molar-refractivity contribution in [1.29, 1.82) is 0 Å². The molecule has 142 valence electrons. The monoisotopic (exact) mass is 382 g/mol. The van der Waals surface area contributed by atoms with E-state index >= 15 is 0 Å². The average molecular weight is 383 g/mol. The van der Waals surface area contributed by atoms with Gasteiger partial charge in [-0.15, -0.1) is 0 Å². The van der Waals surface area contributed by atoms with E-state index in [-0.39, 0.29) is 43.0 Å². The van der Waals surface area contributed by atoms with Crippen molar-refractivity contribution in [2.75, 3.05) is 26.2 Å². The van der Waals surface area contributed by atoms with Crippen LogP contribution in [0.4, 0.5) is 4.79 Å². The van der Waals surface area contributed by atoms with Gasteiger partial charge in [0.05, 0.1) is 6.61 Å². The van der Waals surface area contributed by atoms with Gasteiger partial charge in [0.2, 0.25) is 0 Å². The van der Waals surface area contributed by atoms with Gasteiger partial charge in [0.25, 0.3) is 5.91 Å². The SMILES string of the molecule is CC(C)(C)OC(=O)NCCN(CCO)C(=O)c1c(Cl)nc2ccccn12. The lowest BCUT2D eigenvalue weighted by Crippen LogP contribution is -2.41. The van der Waals surface area contributed by atoms with Crippen LogP contribution in [0.2, 0.25) is 5.15 Å². The molecule has 8 nitrogen and oxygen atoms in total. The molecule has 0 radical (unpaired) electrons. The van der Waals surface area contributed by atoms with E-state index < -0.39 is 11.7 Å². The summed E-state index contributed by atoms with van der Waals surface area (Å²) >= 11 is 6.13. The molecule has 0 aliphatic rings. The molecule has 0 unspecified atom stereocenters. The van der Waals surface area contributed by atoms with E-state index in [9.17, 15) is 14.7 Å². The highest BCUT2D eigenvalue weighted by Crippen LogP contribution is 2.19. The van der Waals surface area contributed by atoms with Gasteiger partial charge in [-0.2, -0.15) is 0 Å². The summed E-state index contributed by atoms with van der Waals surface area (Å²) in [6.45, 7) is 5.55. The number of aliphatic hydroxyl groups is 1. The lowest BCUT2D eigenvalue weighted by Gasteiger charge is -2.23. The number of fused-ring (bicyclic) bond motifs is 1. The zero-order valence-electron chi connectivity index (χ0n) is 15.0. The second-order valence-electron chi connectivity index (χ2n) is 6.62. The number of ether oxygens (including phenoxy) is 1. The van der Waals surface area contributed by atoms with Gasteiger partial charge >= 0.3 is 6.09 Å². The van der Waals surface area contributed by atoms with E-state index in [4.69, 9.17) is 16.3 Å². The smallest absolute Gasteiger partial charge is 0.407 e. The molecule has 0 spiro atoms. The van der Waals surface area contributed by atoms with Crippen LogP contribution in [0.3, 0.4) is 0 Å². The Kier molecular flexibility index (Phi) is 6.44. The summed E-state index contributed by atoms with van der Waals surface area (Å²) in [4.78, 5) is 30.1. The Morgan fingerprint density at radius 1 is 1.35 bits per heavy atom.